The quantitative estimate of drug-likeness (QED) is 0.145. The van der Waals surface area contributed by atoms with Gasteiger partial charge in [0.05, 0.1) is 17.5 Å². The van der Waals surface area contributed by atoms with Crippen molar-refractivity contribution in [2.24, 2.45) is 5.92 Å². The van der Waals surface area contributed by atoms with E-state index >= 15 is 0 Å². The van der Waals surface area contributed by atoms with Gasteiger partial charge in [0.15, 0.2) is 0 Å². The highest BCUT2D eigenvalue weighted by Gasteiger charge is 2.53. The molecule has 0 N–H and O–H groups in total. The predicted octanol–water partition coefficient (Wildman–Crippen LogP) is 4.70. The lowest BCUT2D eigenvalue weighted by Crippen LogP contribution is -2.66. The second kappa shape index (κ2) is 10.6. The van der Waals surface area contributed by atoms with Crippen LogP contribution in [-0.4, -0.2) is 34.2 Å². The molecule has 1 fully saturated rings. The fourth-order valence-electron chi connectivity index (χ4n) is 6.39. The lowest BCUT2D eigenvalue weighted by atomic mass is 9.79. The minimum Gasteiger partial charge on any atom is -0.417 e. The Hall–Kier alpha value is -4.67. The van der Waals surface area contributed by atoms with Crippen LogP contribution < -0.4 is 15.9 Å². The summed E-state index contributed by atoms with van der Waals surface area (Å²) in [5.41, 5.74) is 1.16. The van der Waals surface area contributed by atoms with Crippen molar-refractivity contribution in [3.63, 3.8) is 0 Å². The van der Waals surface area contributed by atoms with Crippen LogP contribution in [0.3, 0.4) is 0 Å². The van der Waals surface area contributed by atoms with E-state index in [-0.39, 0.29) is 17.9 Å². The standard InChI is InChI=1S/C35H28NO5P/c37-31-29-22-12-13-23-30(29)36(31)32(34(39)41-35-28-21-11-10-20-27(28)33(38)40-35)42(24-14-4-1-5-15-24,25-16-6-2-7-17-25)26-18-8-3-9-19-26/h1-21,29-30,35H,22-23H2. The summed E-state index contributed by atoms with van der Waals surface area (Å²) in [5, 5.41) is 2.75. The van der Waals surface area contributed by atoms with E-state index in [1.807, 2.05) is 97.1 Å². The van der Waals surface area contributed by atoms with Crippen molar-refractivity contribution in [1.82, 2.24) is 4.90 Å². The Bertz CT molecular complexity index is 1660. The van der Waals surface area contributed by atoms with Crippen LogP contribution in [0.15, 0.2) is 127 Å². The Morgan fingerprint density at radius 1 is 0.714 bits per heavy atom. The second-order valence-corrected chi connectivity index (χ2v) is 13.9. The SMILES string of the molecule is O=C(OC1OC(=O)c2ccccc21)C(N1C(=O)C2CC=CCC21)=P(c1ccccc1)(c1ccccc1)c1ccccc1. The first-order valence-corrected chi connectivity index (χ1v) is 15.8. The van der Waals surface area contributed by atoms with Crippen LogP contribution in [0.2, 0.25) is 0 Å². The molecule has 2 aliphatic heterocycles. The number of esters is 2. The maximum Gasteiger partial charge on any atom is 0.359 e. The van der Waals surface area contributed by atoms with Gasteiger partial charge in [-0.25, -0.2) is 9.59 Å². The van der Waals surface area contributed by atoms with Gasteiger partial charge in [-0.2, -0.15) is 0 Å². The van der Waals surface area contributed by atoms with Gasteiger partial charge >= 0.3 is 11.9 Å². The van der Waals surface area contributed by atoms with Crippen molar-refractivity contribution in [3.8, 4) is 0 Å². The lowest BCUT2D eigenvalue weighted by Gasteiger charge is -2.50. The molecule has 0 radical (unpaired) electrons. The first kappa shape index (κ1) is 26.2. The maximum atomic E-state index is 14.8. The number of allylic oxidation sites excluding steroid dienone is 1. The number of amides is 1. The van der Waals surface area contributed by atoms with Crippen LogP contribution in [0.4, 0.5) is 0 Å². The van der Waals surface area contributed by atoms with Gasteiger partial charge in [0, 0.05) is 12.4 Å². The summed E-state index contributed by atoms with van der Waals surface area (Å²) in [6.45, 7) is -3.02. The molecule has 3 unspecified atom stereocenters. The summed E-state index contributed by atoms with van der Waals surface area (Å²) < 4.78 is 11.7. The smallest absolute Gasteiger partial charge is 0.359 e. The van der Waals surface area contributed by atoms with Gasteiger partial charge in [-0.1, -0.05) is 121 Å². The summed E-state index contributed by atoms with van der Waals surface area (Å²) >= 11 is 0. The van der Waals surface area contributed by atoms with Gasteiger partial charge in [0.1, 0.15) is 5.42 Å². The topological polar surface area (TPSA) is 72.9 Å². The maximum absolute atomic E-state index is 14.8. The number of cyclic esters (lactones) is 1. The van der Waals surface area contributed by atoms with Gasteiger partial charge in [0.2, 0.25) is 5.91 Å². The van der Waals surface area contributed by atoms with Crippen molar-refractivity contribution < 1.29 is 23.9 Å². The fourth-order valence-corrected chi connectivity index (χ4v) is 10.8. The minimum atomic E-state index is -3.02. The highest BCUT2D eigenvalue weighted by molar-refractivity contribution is 7.96. The van der Waals surface area contributed by atoms with E-state index in [4.69, 9.17) is 9.47 Å². The third kappa shape index (κ3) is 4.06. The molecule has 208 valence electrons. The highest BCUT2D eigenvalue weighted by Crippen LogP contribution is 2.50. The van der Waals surface area contributed by atoms with Gasteiger partial charge in [-0.3, -0.25) is 4.79 Å². The molecule has 3 atom stereocenters. The fraction of sp³-hybridized carbons (Fsp3) is 0.143. The van der Waals surface area contributed by atoms with Crippen molar-refractivity contribution in [3.05, 3.63) is 139 Å². The summed E-state index contributed by atoms with van der Waals surface area (Å²) in [7, 11) is 0. The number of hydrogen-bond donors (Lipinski definition) is 0. The molecule has 6 nitrogen and oxygen atoms in total. The van der Waals surface area contributed by atoms with Crippen molar-refractivity contribution in [2.75, 3.05) is 0 Å². The van der Waals surface area contributed by atoms with Gasteiger partial charge in [-0.15, -0.1) is 0 Å². The number of likely N-dealkylation sites (tertiary alicyclic amines) is 1. The molecule has 0 spiro atoms. The van der Waals surface area contributed by atoms with E-state index in [2.05, 4.69) is 6.08 Å². The lowest BCUT2D eigenvalue weighted by molar-refractivity contribution is -0.163. The number of nitrogens with zero attached hydrogens (tertiary/aromatic N) is 1. The summed E-state index contributed by atoms with van der Waals surface area (Å²) in [5.74, 6) is -1.49. The molecular weight excluding hydrogens is 545 g/mol. The molecule has 7 rings (SSSR count). The molecule has 1 amide bonds. The third-order valence-electron chi connectivity index (χ3n) is 8.31. The normalized spacial score (nSPS) is 20.7. The molecule has 2 heterocycles. The van der Waals surface area contributed by atoms with Gasteiger partial charge < -0.3 is 14.4 Å². The number of fused-ring (bicyclic) bond motifs is 2. The van der Waals surface area contributed by atoms with Crippen LogP contribution in [0.1, 0.15) is 35.1 Å². The highest BCUT2D eigenvalue weighted by atomic mass is 31.2. The van der Waals surface area contributed by atoms with E-state index in [1.54, 1.807) is 29.2 Å². The van der Waals surface area contributed by atoms with E-state index in [0.29, 0.717) is 29.4 Å². The zero-order valence-corrected chi connectivity index (χ0v) is 23.6. The van der Waals surface area contributed by atoms with Crippen molar-refractivity contribution >= 4 is 46.1 Å². The molecule has 4 aromatic carbocycles. The second-order valence-electron chi connectivity index (χ2n) is 10.6. The Balaban J connectivity index is 1.54. The average Bonchev–Trinajstić information content (AvgIpc) is 3.36. The van der Waals surface area contributed by atoms with E-state index in [1.165, 1.54) is 0 Å². The molecule has 0 bridgehead atoms. The Morgan fingerprint density at radius 3 is 1.83 bits per heavy atom. The number of carbonyl (C=O) groups excluding carboxylic acids is 3. The summed E-state index contributed by atoms with van der Waals surface area (Å²) in [6, 6.07) is 36.4. The van der Waals surface area contributed by atoms with Gasteiger partial charge in [-0.05, 0) is 34.8 Å². The monoisotopic (exact) mass is 573 g/mol. The first-order valence-electron chi connectivity index (χ1n) is 14.0. The molecular formula is C35H28NO5P. The number of hydrogen-bond acceptors (Lipinski definition) is 5. The summed E-state index contributed by atoms with van der Waals surface area (Å²) in [6.07, 6.45) is 4.19. The number of β-lactam (4-membered cyclic amide) rings is 1. The molecule has 4 aromatic rings. The number of rotatable bonds is 6. The van der Waals surface area contributed by atoms with E-state index in [9.17, 15) is 14.4 Å². The van der Waals surface area contributed by atoms with Crippen LogP contribution in [0.5, 0.6) is 0 Å². The summed E-state index contributed by atoms with van der Waals surface area (Å²) in [4.78, 5) is 43.1. The zero-order valence-electron chi connectivity index (χ0n) is 22.7. The molecule has 1 saturated heterocycles. The predicted molar refractivity (Wildman–Crippen MR) is 163 cm³/mol. The molecule has 1 aliphatic carbocycles. The Morgan fingerprint density at radius 2 is 1.24 bits per heavy atom. The van der Waals surface area contributed by atoms with E-state index < -0.39 is 25.1 Å². The number of ether oxygens (including phenoxy) is 2. The zero-order chi connectivity index (χ0) is 28.7. The van der Waals surface area contributed by atoms with Crippen LogP contribution in [-0.2, 0) is 19.1 Å². The minimum absolute atomic E-state index is 0.0905. The number of benzene rings is 4. The Kier molecular flexibility index (Phi) is 6.64. The van der Waals surface area contributed by atoms with Crippen LogP contribution in [0, 0.1) is 5.92 Å². The Labute approximate surface area is 244 Å². The largest absolute Gasteiger partial charge is 0.417 e. The van der Waals surface area contributed by atoms with Crippen molar-refractivity contribution in [2.45, 2.75) is 25.2 Å². The average molecular weight is 574 g/mol. The van der Waals surface area contributed by atoms with Crippen LogP contribution >= 0.6 is 6.89 Å². The molecule has 42 heavy (non-hydrogen) atoms. The first-order chi connectivity index (χ1) is 20.6. The third-order valence-corrected chi connectivity index (χ3v) is 12.6. The molecule has 0 saturated carbocycles. The van der Waals surface area contributed by atoms with Crippen LogP contribution in [0.25, 0.3) is 0 Å². The molecule has 3 aliphatic rings. The van der Waals surface area contributed by atoms with E-state index in [0.717, 1.165) is 15.9 Å². The molecule has 0 aromatic heterocycles. The van der Waals surface area contributed by atoms with Crippen molar-refractivity contribution in [1.29, 1.82) is 0 Å². The van der Waals surface area contributed by atoms with Gasteiger partial charge in [0.25, 0.3) is 6.29 Å². The number of carbonyl (C=O) groups is 3. The molecule has 7 heteroatoms.